The molecule has 1 aromatic heterocycles. The number of hydrogen-bond acceptors (Lipinski definition) is 2. The van der Waals surface area contributed by atoms with Crippen molar-refractivity contribution >= 4 is 49.8 Å². The Bertz CT molecular complexity index is 2450. The molecule has 9 aromatic rings. The summed E-state index contributed by atoms with van der Waals surface area (Å²) < 4.78 is 6.49. The van der Waals surface area contributed by atoms with Crippen LogP contribution in [0.2, 0.25) is 0 Å². The molecule has 48 heavy (non-hydrogen) atoms. The van der Waals surface area contributed by atoms with Gasteiger partial charge in [-0.05, 0) is 69.6 Å². The molecule has 0 fully saturated rings. The van der Waals surface area contributed by atoms with Gasteiger partial charge in [0.05, 0.1) is 5.69 Å². The number of fused-ring (bicyclic) bond motifs is 4. The largest absolute Gasteiger partial charge is 0.455 e. The second kappa shape index (κ2) is 11.8. The van der Waals surface area contributed by atoms with Crippen molar-refractivity contribution in [3.8, 4) is 33.4 Å². The highest BCUT2D eigenvalue weighted by Crippen LogP contribution is 2.44. The highest BCUT2D eigenvalue weighted by molar-refractivity contribution is 6.14. The molecule has 0 atom stereocenters. The molecule has 0 aliphatic carbocycles. The summed E-state index contributed by atoms with van der Waals surface area (Å²) in [5.74, 6) is 0. The molecule has 0 unspecified atom stereocenters. The van der Waals surface area contributed by atoms with E-state index in [-0.39, 0.29) is 0 Å². The number of hydrogen-bond donors (Lipinski definition) is 0. The summed E-state index contributed by atoms with van der Waals surface area (Å²) in [5.41, 5.74) is 12.2. The summed E-state index contributed by atoms with van der Waals surface area (Å²) in [6, 6.07) is 66.8. The molecule has 2 nitrogen and oxygen atoms in total. The van der Waals surface area contributed by atoms with Crippen LogP contribution in [0.3, 0.4) is 0 Å². The van der Waals surface area contributed by atoms with E-state index < -0.39 is 0 Å². The zero-order valence-electron chi connectivity index (χ0n) is 26.3. The van der Waals surface area contributed by atoms with Crippen LogP contribution >= 0.6 is 0 Å². The van der Waals surface area contributed by atoms with Gasteiger partial charge in [0.2, 0.25) is 0 Å². The maximum absolute atomic E-state index is 6.49. The summed E-state index contributed by atoms with van der Waals surface area (Å²) in [5, 5.41) is 4.62. The summed E-state index contributed by atoms with van der Waals surface area (Å²) in [4.78, 5) is 2.37. The Balaban J connectivity index is 1.22. The van der Waals surface area contributed by atoms with Crippen molar-refractivity contribution in [2.24, 2.45) is 0 Å². The van der Waals surface area contributed by atoms with Crippen molar-refractivity contribution in [2.45, 2.75) is 0 Å². The van der Waals surface area contributed by atoms with Gasteiger partial charge in [0.1, 0.15) is 11.2 Å². The first-order valence-corrected chi connectivity index (χ1v) is 16.4. The molecule has 0 saturated heterocycles. The lowest BCUT2D eigenvalue weighted by atomic mass is 9.95. The minimum Gasteiger partial charge on any atom is -0.455 e. The van der Waals surface area contributed by atoms with Gasteiger partial charge in [-0.3, -0.25) is 0 Å². The molecule has 0 aliphatic heterocycles. The SMILES string of the molecule is c1ccc(-c2ccc(N(c3ccc(-c4ccccc4)cc3)c3ccc(-c4cccc5c4oc4ccccc45)c4ccccc34)cc2)cc1. The lowest BCUT2D eigenvalue weighted by Crippen LogP contribution is -2.10. The van der Waals surface area contributed by atoms with Gasteiger partial charge in [0.25, 0.3) is 0 Å². The molecule has 226 valence electrons. The Labute approximate surface area is 279 Å². The fraction of sp³-hybridized carbons (Fsp3) is 0. The molecule has 1 heterocycles. The number of para-hydroxylation sites is 2. The molecule has 2 heteroatoms. The minimum absolute atomic E-state index is 0.907. The van der Waals surface area contributed by atoms with E-state index in [1.165, 1.54) is 33.0 Å². The Morgan fingerprint density at radius 3 is 1.44 bits per heavy atom. The van der Waals surface area contributed by atoms with Crippen LogP contribution in [0.1, 0.15) is 0 Å². The topological polar surface area (TPSA) is 16.4 Å². The van der Waals surface area contributed by atoms with Gasteiger partial charge in [-0.2, -0.15) is 0 Å². The fourth-order valence-corrected chi connectivity index (χ4v) is 6.97. The first-order valence-electron chi connectivity index (χ1n) is 16.4. The second-order valence-electron chi connectivity index (χ2n) is 12.1. The molecule has 0 amide bonds. The van der Waals surface area contributed by atoms with Crippen molar-refractivity contribution in [1.82, 2.24) is 0 Å². The Kier molecular flexibility index (Phi) is 6.84. The van der Waals surface area contributed by atoms with Crippen LogP contribution in [-0.2, 0) is 0 Å². The first kappa shape index (κ1) is 27.9. The van der Waals surface area contributed by atoms with E-state index in [4.69, 9.17) is 4.42 Å². The van der Waals surface area contributed by atoms with Crippen LogP contribution in [0, 0.1) is 0 Å². The van der Waals surface area contributed by atoms with Crippen LogP contribution < -0.4 is 4.90 Å². The molecule has 0 N–H and O–H groups in total. The molecule has 0 spiro atoms. The second-order valence-corrected chi connectivity index (χ2v) is 12.1. The third-order valence-electron chi connectivity index (χ3n) is 9.30. The average molecular weight is 614 g/mol. The Morgan fingerprint density at radius 1 is 0.312 bits per heavy atom. The minimum atomic E-state index is 0.907. The predicted octanol–water partition coefficient (Wildman–Crippen LogP) is 13.2. The highest BCUT2D eigenvalue weighted by atomic mass is 16.3. The summed E-state index contributed by atoms with van der Waals surface area (Å²) in [6.07, 6.45) is 0. The Morgan fingerprint density at radius 2 is 0.812 bits per heavy atom. The van der Waals surface area contributed by atoms with Crippen LogP contribution in [0.25, 0.3) is 66.1 Å². The van der Waals surface area contributed by atoms with E-state index in [0.29, 0.717) is 0 Å². The average Bonchev–Trinajstić information content (AvgIpc) is 3.55. The highest BCUT2D eigenvalue weighted by Gasteiger charge is 2.19. The van der Waals surface area contributed by atoms with Crippen LogP contribution in [0.4, 0.5) is 17.1 Å². The van der Waals surface area contributed by atoms with E-state index in [0.717, 1.165) is 50.1 Å². The zero-order valence-corrected chi connectivity index (χ0v) is 26.3. The third-order valence-corrected chi connectivity index (χ3v) is 9.30. The maximum atomic E-state index is 6.49. The smallest absolute Gasteiger partial charge is 0.143 e. The van der Waals surface area contributed by atoms with E-state index in [9.17, 15) is 0 Å². The van der Waals surface area contributed by atoms with E-state index in [2.05, 4.69) is 181 Å². The predicted molar refractivity (Wildman–Crippen MR) is 202 cm³/mol. The van der Waals surface area contributed by atoms with E-state index in [1.54, 1.807) is 0 Å². The van der Waals surface area contributed by atoms with Crippen molar-refractivity contribution in [3.63, 3.8) is 0 Å². The van der Waals surface area contributed by atoms with Gasteiger partial charge in [-0.25, -0.2) is 0 Å². The number of nitrogens with zero attached hydrogens (tertiary/aromatic N) is 1. The van der Waals surface area contributed by atoms with Gasteiger partial charge >= 0.3 is 0 Å². The number of furan rings is 1. The van der Waals surface area contributed by atoms with E-state index >= 15 is 0 Å². The monoisotopic (exact) mass is 613 g/mol. The molecule has 0 bridgehead atoms. The van der Waals surface area contributed by atoms with Gasteiger partial charge in [-0.1, -0.05) is 152 Å². The van der Waals surface area contributed by atoms with Crippen molar-refractivity contribution < 1.29 is 4.42 Å². The summed E-state index contributed by atoms with van der Waals surface area (Å²) in [7, 11) is 0. The number of benzene rings is 8. The van der Waals surface area contributed by atoms with Crippen molar-refractivity contribution in [3.05, 3.63) is 188 Å². The number of rotatable bonds is 6. The van der Waals surface area contributed by atoms with Gasteiger partial charge in [-0.15, -0.1) is 0 Å². The molecular weight excluding hydrogens is 583 g/mol. The van der Waals surface area contributed by atoms with Crippen molar-refractivity contribution in [1.29, 1.82) is 0 Å². The molecule has 8 aromatic carbocycles. The molecule has 0 aliphatic rings. The normalized spacial score (nSPS) is 11.3. The molecule has 0 radical (unpaired) electrons. The fourth-order valence-electron chi connectivity index (χ4n) is 6.97. The Hall–Kier alpha value is -6.38. The quantitative estimate of drug-likeness (QED) is 0.185. The zero-order chi connectivity index (χ0) is 31.9. The van der Waals surface area contributed by atoms with Crippen LogP contribution in [-0.4, -0.2) is 0 Å². The summed E-state index contributed by atoms with van der Waals surface area (Å²) in [6.45, 7) is 0. The standard InChI is InChI=1S/C46H31NO/c1-3-12-32(13-4-1)34-22-26-36(27-23-34)47(37-28-24-35(25-29-37)33-14-5-2-6-15-33)44-31-30-39(38-16-7-8-17-40(38)44)42-19-11-20-43-41-18-9-10-21-45(41)48-46(42)43/h1-31H. The lowest BCUT2D eigenvalue weighted by molar-refractivity contribution is 0.670. The van der Waals surface area contributed by atoms with Gasteiger partial charge in [0, 0.05) is 33.1 Å². The first-order chi connectivity index (χ1) is 23.8. The molecule has 0 saturated carbocycles. The van der Waals surface area contributed by atoms with Gasteiger partial charge in [0.15, 0.2) is 0 Å². The number of anilines is 3. The molecule has 9 rings (SSSR count). The lowest BCUT2D eigenvalue weighted by Gasteiger charge is -2.28. The van der Waals surface area contributed by atoms with Crippen LogP contribution in [0.5, 0.6) is 0 Å². The van der Waals surface area contributed by atoms with Crippen molar-refractivity contribution in [2.75, 3.05) is 4.90 Å². The third kappa shape index (κ3) is 4.83. The van der Waals surface area contributed by atoms with Crippen LogP contribution in [0.15, 0.2) is 192 Å². The summed E-state index contributed by atoms with van der Waals surface area (Å²) >= 11 is 0. The van der Waals surface area contributed by atoms with Gasteiger partial charge < -0.3 is 9.32 Å². The maximum Gasteiger partial charge on any atom is 0.143 e. The molecular formula is C46H31NO. The van der Waals surface area contributed by atoms with E-state index in [1.807, 2.05) is 12.1 Å².